The van der Waals surface area contributed by atoms with Crippen molar-refractivity contribution in [3.05, 3.63) is 41.2 Å². The van der Waals surface area contributed by atoms with Crippen molar-refractivity contribution >= 4 is 33.5 Å². The SMILES string of the molecule is Cc1cn2c(n1)[C@H](C)C[C@H](C(=O)NS(=O)(=O)c1ccnc(Cl)c1)C2.O=C(O)C(F)(F)F. The van der Waals surface area contributed by atoms with E-state index in [0.29, 0.717) is 13.0 Å². The molecule has 1 aliphatic heterocycles. The van der Waals surface area contributed by atoms with Gasteiger partial charge in [0.05, 0.1) is 16.5 Å². The number of sulfonamides is 1. The number of alkyl halides is 3. The molecular weight excluding hydrogens is 465 g/mol. The number of aliphatic carboxylic acids is 1. The number of carbonyl (C=O) groups is 2. The van der Waals surface area contributed by atoms with Crippen molar-refractivity contribution in [3.8, 4) is 0 Å². The van der Waals surface area contributed by atoms with Gasteiger partial charge in [-0.05, 0) is 25.5 Å². The highest BCUT2D eigenvalue weighted by Crippen LogP contribution is 2.30. The number of nitrogens with one attached hydrogen (secondary N) is 1. The Hall–Kier alpha value is -2.67. The summed E-state index contributed by atoms with van der Waals surface area (Å²) in [5, 5.41) is 7.18. The fraction of sp³-hybridized carbons (Fsp3) is 0.412. The van der Waals surface area contributed by atoms with Crippen LogP contribution in [0.25, 0.3) is 0 Å². The van der Waals surface area contributed by atoms with Crippen LogP contribution in [0.5, 0.6) is 0 Å². The highest BCUT2D eigenvalue weighted by Gasteiger charge is 2.38. The number of fused-ring (bicyclic) bond motifs is 1. The second-order valence-electron chi connectivity index (χ2n) is 6.81. The molecular formula is C17H18ClF3N4O5S. The summed E-state index contributed by atoms with van der Waals surface area (Å²) in [7, 11) is -3.97. The van der Waals surface area contributed by atoms with E-state index in [1.807, 2.05) is 24.6 Å². The standard InChI is InChI=1S/C15H17ClN4O3S.C2HF3O2/c1-9-5-11(8-20-7-10(2)18-14(9)20)15(21)19-24(22,23)12-3-4-17-13(16)6-12;3-2(4,5)1(6)7/h3-4,6-7,9,11H,5,8H2,1-2H3,(H,19,21);(H,6,7)/t9-,11+;/m1./s1. The Balaban J connectivity index is 0.000000423. The third kappa shape index (κ3) is 6.40. The summed E-state index contributed by atoms with van der Waals surface area (Å²) in [6.07, 6.45) is -1.37. The van der Waals surface area contributed by atoms with E-state index in [1.165, 1.54) is 18.3 Å². The molecule has 9 nitrogen and oxygen atoms in total. The van der Waals surface area contributed by atoms with Crippen LogP contribution in [0.4, 0.5) is 13.2 Å². The molecule has 3 rings (SSSR count). The molecule has 0 saturated heterocycles. The number of carbonyl (C=O) groups excluding carboxylic acids is 1. The molecule has 0 aromatic carbocycles. The van der Waals surface area contributed by atoms with E-state index in [4.69, 9.17) is 21.5 Å². The number of amides is 1. The van der Waals surface area contributed by atoms with E-state index in [0.717, 1.165) is 11.5 Å². The summed E-state index contributed by atoms with van der Waals surface area (Å²) in [5.41, 5.74) is 0.886. The monoisotopic (exact) mass is 482 g/mol. The second-order valence-corrected chi connectivity index (χ2v) is 8.88. The van der Waals surface area contributed by atoms with Gasteiger partial charge in [-0.3, -0.25) is 4.79 Å². The Bertz CT molecular complexity index is 1090. The molecule has 2 atom stereocenters. The number of carboxylic acid groups (broad SMARTS) is 1. The topological polar surface area (TPSA) is 131 Å². The van der Waals surface area contributed by atoms with E-state index < -0.39 is 34.0 Å². The van der Waals surface area contributed by atoms with Gasteiger partial charge in [0.1, 0.15) is 11.0 Å². The zero-order valence-electron chi connectivity index (χ0n) is 16.2. The number of aromatic nitrogens is 3. The van der Waals surface area contributed by atoms with Crippen LogP contribution in [-0.4, -0.2) is 46.1 Å². The number of pyridine rings is 1. The molecule has 3 heterocycles. The first-order valence-electron chi connectivity index (χ1n) is 8.72. The van der Waals surface area contributed by atoms with Gasteiger partial charge in [-0.1, -0.05) is 18.5 Å². The first kappa shape index (κ1) is 24.6. The normalized spacial score (nSPS) is 18.4. The maximum Gasteiger partial charge on any atom is 0.490 e. The number of carboxylic acids is 1. The smallest absolute Gasteiger partial charge is 0.475 e. The van der Waals surface area contributed by atoms with Crippen molar-refractivity contribution in [2.45, 2.75) is 43.8 Å². The third-order valence-corrected chi connectivity index (χ3v) is 5.83. The minimum absolute atomic E-state index is 0.0511. The fourth-order valence-corrected chi connectivity index (χ4v) is 4.26. The number of rotatable bonds is 3. The Morgan fingerprint density at radius 2 is 1.97 bits per heavy atom. The number of halogens is 4. The number of nitrogens with zero attached hydrogens (tertiary/aromatic N) is 3. The van der Waals surface area contributed by atoms with Crippen LogP contribution in [0.15, 0.2) is 29.4 Å². The molecule has 0 radical (unpaired) electrons. The molecule has 0 bridgehead atoms. The molecule has 14 heteroatoms. The van der Waals surface area contributed by atoms with Gasteiger partial charge in [-0.2, -0.15) is 13.2 Å². The molecule has 2 aromatic rings. The summed E-state index contributed by atoms with van der Waals surface area (Å²) < 4.78 is 60.5. The lowest BCUT2D eigenvalue weighted by molar-refractivity contribution is -0.192. The molecule has 0 aliphatic carbocycles. The van der Waals surface area contributed by atoms with Gasteiger partial charge in [0.15, 0.2) is 0 Å². The van der Waals surface area contributed by atoms with Gasteiger partial charge in [0.25, 0.3) is 10.0 Å². The quantitative estimate of drug-likeness (QED) is 0.642. The zero-order chi connectivity index (χ0) is 23.6. The van der Waals surface area contributed by atoms with Crippen molar-refractivity contribution in [2.24, 2.45) is 5.92 Å². The van der Waals surface area contributed by atoms with E-state index in [1.54, 1.807) is 0 Å². The molecule has 0 fully saturated rings. The molecule has 2 N–H and O–H groups in total. The van der Waals surface area contributed by atoms with Crippen LogP contribution in [0.2, 0.25) is 5.15 Å². The van der Waals surface area contributed by atoms with Crippen LogP contribution >= 0.6 is 11.6 Å². The number of imidazole rings is 1. The minimum atomic E-state index is -5.08. The van der Waals surface area contributed by atoms with Crippen molar-refractivity contribution in [1.29, 1.82) is 0 Å². The van der Waals surface area contributed by atoms with Gasteiger partial charge < -0.3 is 9.67 Å². The summed E-state index contributed by atoms with van der Waals surface area (Å²) in [6, 6.07) is 2.50. The number of hydrogen-bond donors (Lipinski definition) is 2. The fourth-order valence-electron chi connectivity index (χ4n) is 2.97. The molecule has 170 valence electrons. The Kier molecular flexibility index (Phi) is 7.32. The Morgan fingerprint density at radius 3 is 2.52 bits per heavy atom. The predicted molar refractivity (Wildman–Crippen MR) is 102 cm³/mol. The van der Waals surface area contributed by atoms with E-state index in [2.05, 4.69) is 14.7 Å². The first-order valence-corrected chi connectivity index (χ1v) is 10.6. The van der Waals surface area contributed by atoms with Crippen LogP contribution in [-0.2, 0) is 26.2 Å². The summed E-state index contributed by atoms with van der Waals surface area (Å²) >= 11 is 5.72. The van der Waals surface area contributed by atoms with E-state index >= 15 is 0 Å². The van der Waals surface area contributed by atoms with E-state index in [9.17, 15) is 26.4 Å². The van der Waals surface area contributed by atoms with Crippen LogP contribution in [0.3, 0.4) is 0 Å². The molecule has 0 saturated carbocycles. The highest BCUT2D eigenvalue weighted by atomic mass is 35.5. The third-order valence-electron chi connectivity index (χ3n) is 4.28. The lowest BCUT2D eigenvalue weighted by Crippen LogP contribution is -2.39. The van der Waals surface area contributed by atoms with Crippen molar-refractivity contribution in [1.82, 2.24) is 19.3 Å². The van der Waals surface area contributed by atoms with Gasteiger partial charge >= 0.3 is 12.1 Å². The molecule has 0 spiro atoms. The summed E-state index contributed by atoms with van der Waals surface area (Å²) in [4.78, 5) is 29.5. The Morgan fingerprint density at radius 1 is 1.35 bits per heavy atom. The van der Waals surface area contributed by atoms with Crippen molar-refractivity contribution in [3.63, 3.8) is 0 Å². The lowest BCUT2D eigenvalue weighted by atomic mass is 9.91. The zero-order valence-corrected chi connectivity index (χ0v) is 17.8. The van der Waals surface area contributed by atoms with Gasteiger partial charge in [0, 0.05) is 24.9 Å². The average Bonchev–Trinajstić information content (AvgIpc) is 3.02. The summed E-state index contributed by atoms with van der Waals surface area (Å²) in [5.74, 6) is -2.70. The van der Waals surface area contributed by atoms with Gasteiger partial charge in [-0.25, -0.2) is 27.9 Å². The predicted octanol–water partition coefficient (Wildman–Crippen LogP) is 2.50. The van der Waals surface area contributed by atoms with E-state index in [-0.39, 0.29) is 16.0 Å². The number of hydrogen-bond acceptors (Lipinski definition) is 6. The minimum Gasteiger partial charge on any atom is -0.475 e. The summed E-state index contributed by atoms with van der Waals surface area (Å²) in [6.45, 7) is 4.29. The molecule has 0 unspecified atom stereocenters. The maximum atomic E-state index is 12.5. The second kappa shape index (κ2) is 9.22. The molecule has 31 heavy (non-hydrogen) atoms. The average molecular weight is 483 g/mol. The first-order chi connectivity index (χ1) is 14.2. The largest absolute Gasteiger partial charge is 0.490 e. The molecule has 1 amide bonds. The van der Waals surface area contributed by atoms with Crippen molar-refractivity contribution < 1.29 is 36.3 Å². The van der Waals surface area contributed by atoms with Crippen molar-refractivity contribution in [2.75, 3.05) is 0 Å². The van der Waals surface area contributed by atoms with Crippen LogP contribution in [0, 0.1) is 12.8 Å². The lowest BCUT2D eigenvalue weighted by Gasteiger charge is -2.27. The van der Waals surface area contributed by atoms with Gasteiger partial charge in [0.2, 0.25) is 5.91 Å². The highest BCUT2D eigenvalue weighted by molar-refractivity contribution is 7.90. The Labute approximate surface area is 180 Å². The molecule has 1 aliphatic rings. The number of aryl methyl sites for hydroxylation is 1. The van der Waals surface area contributed by atoms with Crippen LogP contribution in [0.1, 0.15) is 30.8 Å². The maximum absolute atomic E-state index is 12.5. The molecule has 2 aromatic heterocycles. The van der Waals surface area contributed by atoms with Gasteiger partial charge in [-0.15, -0.1) is 0 Å². The van der Waals surface area contributed by atoms with Crippen LogP contribution < -0.4 is 4.72 Å².